The third-order valence-electron chi connectivity index (χ3n) is 5.95. The maximum absolute atomic E-state index is 13.8. The molecule has 4 nitrogen and oxygen atoms in total. The Morgan fingerprint density at radius 3 is 2.57 bits per heavy atom. The molecule has 1 saturated carbocycles. The molecule has 0 bridgehead atoms. The van der Waals surface area contributed by atoms with Crippen LogP contribution in [0.2, 0.25) is 0 Å². The average Bonchev–Trinajstić information content (AvgIpc) is 3.16. The molecule has 0 radical (unpaired) electrons. The van der Waals surface area contributed by atoms with E-state index in [1.54, 1.807) is 11.8 Å². The molecule has 2 aromatic carbocycles. The summed E-state index contributed by atoms with van der Waals surface area (Å²) in [4.78, 5) is 14.9. The predicted molar refractivity (Wildman–Crippen MR) is 120 cm³/mol. The van der Waals surface area contributed by atoms with E-state index in [1.165, 1.54) is 43.6 Å². The van der Waals surface area contributed by atoms with E-state index in [9.17, 15) is 4.79 Å². The second-order valence-corrected chi connectivity index (χ2v) is 9.17. The Morgan fingerprint density at radius 1 is 1.04 bits per heavy atom. The molecular formula is C22H23N3OS2. The van der Waals surface area contributed by atoms with Gasteiger partial charge in [0.1, 0.15) is 0 Å². The van der Waals surface area contributed by atoms with Crippen molar-refractivity contribution in [3.63, 3.8) is 0 Å². The molecule has 28 heavy (non-hydrogen) atoms. The highest BCUT2D eigenvalue weighted by Crippen LogP contribution is 2.48. The van der Waals surface area contributed by atoms with E-state index in [-0.39, 0.29) is 5.78 Å². The summed E-state index contributed by atoms with van der Waals surface area (Å²) >= 11 is 3.15. The second-order valence-electron chi connectivity index (χ2n) is 7.52. The van der Waals surface area contributed by atoms with Gasteiger partial charge in [-0.05, 0) is 54.9 Å². The van der Waals surface area contributed by atoms with E-state index in [0.29, 0.717) is 6.04 Å². The molecule has 0 saturated heterocycles. The van der Waals surface area contributed by atoms with Crippen LogP contribution in [0.5, 0.6) is 0 Å². The first-order valence-corrected chi connectivity index (χ1v) is 11.9. The number of ketones is 1. The van der Waals surface area contributed by atoms with Crippen LogP contribution in [-0.2, 0) is 0 Å². The molecule has 1 heterocycles. The zero-order valence-corrected chi connectivity index (χ0v) is 17.7. The number of rotatable bonds is 4. The fraction of sp³-hybridized carbons (Fsp3) is 0.364. The monoisotopic (exact) mass is 409 g/mol. The quantitative estimate of drug-likeness (QED) is 0.404. The molecule has 0 amide bonds. The van der Waals surface area contributed by atoms with Crippen LogP contribution in [-0.4, -0.2) is 29.5 Å². The van der Waals surface area contributed by atoms with Gasteiger partial charge in [0.2, 0.25) is 0 Å². The topological polar surface area (TPSA) is 54.0 Å². The first kappa shape index (κ1) is 18.0. The van der Waals surface area contributed by atoms with Crippen molar-refractivity contribution in [1.29, 1.82) is 0 Å². The zero-order chi connectivity index (χ0) is 19.3. The van der Waals surface area contributed by atoms with Gasteiger partial charge in [-0.1, -0.05) is 19.3 Å². The van der Waals surface area contributed by atoms with Crippen LogP contribution in [0.1, 0.15) is 48.0 Å². The van der Waals surface area contributed by atoms with Crippen molar-refractivity contribution in [3.05, 3.63) is 35.4 Å². The molecule has 0 spiro atoms. The third kappa shape index (κ3) is 2.65. The summed E-state index contributed by atoms with van der Waals surface area (Å²) in [5, 5.41) is 7.94. The molecule has 2 aliphatic rings. The third-order valence-corrected chi connectivity index (χ3v) is 7.54. The molecule has 1 aromatic heterocycles. The smallest absolute Gasteiger partial charge is 0.198 e. The summed E-state index contributed by atoms with van der Waals surface area (Å²) in [6, 6.07) is 8.74. The minimum Gasteiger partial charge on any atom is -0.388 e. The second kappa shape index (κ2) is 7.08. The summed E-state index contributed by atoms with van der Waals surface area (Å²) in [5.74, 6) is 0.104. The van der Waals surface area contributed by atoms with E-state index in [1.807, 2.05) is 13.1 Å². The number of carbonyl (C=O) groups excluding carboxylic acids is 1. The van der Waals surface area contributed by atoms with E-state index >= 15 is 0 Å². The van der Waals surface area contributed by atoms with E-state index < -0.39 is 0 Å². The van der Waals surface area contributed by atoms with Gasteiger partial charge in [0.05, 0.1) is 21.5 Å². The maximum Gasteiger partial charge on any atom is 0.198 e. The van der Waals surface area contributed by atoms with Crippen molar-refractivity contribution in [2.45, 2.75) is 43.0 Å². The van der Waals surface area contributed by atoms with Gasteiger partial charge in [0.25, 0.3) is 0 Å². The Balaban J connectivity index is 1.74. The molecule has 5 rings (SSSR count). The van der Waals surface area contributed by atoms with Crippen LogP contribution >= 0.6 is 23.3 Å². The highest BCUT2D eigenvalue weighted by molar-refractivity contribution is 7.98. The zero-order valence-electron chi connectivity index (χ0n) is 16.1. The predicted octanol–water partition coefficient (Wildman–Crippen LogP) is 6.02. The molecule has 1 fully saturated rings. The SMILES string of the molecule is CNc1ccc(SC)c2c1C(=O)c1c(NC3CCCCC3)ccc3snc-2c13. The van der Waals surface area contributed by atoms with Crippen LogP contribution < -0.4 is 10.6 Å². The normalized spacial score (nSPS) is 16.3. The standard InChI is InChI=1S/C22H23N3OS2/c1-23-13-8-10-15(27-2)19-17(13)22(26)18-14(24-12-6-4-3-5-7-12)9-11-16-20(18)21(19)25-28-16/h8-12,23-24H,3-7H2,1-2H3. The number of aromatic nitrogens is 1. The van der Waals surface area contributed by atoms with Crippen molar-refractivity contribution in [2.75, 3.05) is 23.9 Å². The number of thioether (sulfide) groups is 1. The fourth-order valence-electron chi connectivity index (χ4n) is 4.59. The van der Waals surface area contributed by atoms with Crippen molar-refractivity contribution in [2.24, 2.45) is 0 Å². The van der Waals surface area contributed by atoms with Gasteiger partial charge in [0, 0.05) is 40.3 Å². The molecule has 0 unspecified atom stereocenters. The van der Waals surface area contributed by atoms with Gasteiger partial charge in [-0.3, -0.25) is 4.79 Å². The van der Waals surface area contributed by atoms with E-state index in [2.05, 4.69) is 35.1 Å². The lowest BCUT2D eigenvalue weighted by Crippen LogP contribution is -2.24. The number of nitrogens with one attached hydrogen (secondary N) is 2. The summed E-state index contributed by atoms with van der Waals surface area (Å²) in [5.41, 5.74) is 5.34. The molecule has 6 heteroatoms. The van der Waals surface area contributed by atoms with Crippen LogP contribution in [0.4, 0.5) is 11.4 Å². The molecule has 2 N–H and O–H groups in total. The van der Waals surface area contributed by atoms with Crippen molar-refractivity contribution in [3.8, 4) is 11.3 Å². The molecule has 144 valence electrons. The summed E-state index contributed by atoms with van der Waals surface area (Å²) < 4.78 is 5.88. The number of fused-ring (bicyclic) bond motifs is 2. The van der Waals surface area contributed by atoms with Crippen LogP contribution in [0, 0.1) is 0 Å². The average molecular weight is 410 g/mol. The molecular weight excluding hydrogens is 386 g/mol. The summed E-state index contributed by atoms with van der Waals surface area (Å²) in [6.45, 7) is 0. The highest BCUT2D eigenvalue weighted by Gasteiger charge is 2.34. The molecule has 2 aliphatic carbocycles. The minimum absolute atomic E-state index is 0.104. The first-order valence-electron chi connectivity index (χ1n) is 9.85. The molecule has 0 aliphatic heterocycles. The number of anilines is 2. The lowest BCUT2D eigenvalue weighted by molar-refractivity contribution is 0.104. The van der Waals surface area contributed by atoms with Crippen molar-refractivity contribution >= 4 is 50.5 Å². The number of hydrogen-bond acceptors (Lipinski definition) is 6. The first-order chi connectivity index (χ1) is 13.7. The Labute approximate surface area is 173 Å². The lowest BCUT2D eigenvalue weighted by atomic mass is 9.85. The van der Waals surface area contributed by atoms with Gasteiger partial charge >= 0.3 is 0 Å². The Bertz CT molecular complexity index is 1080. The number of nitrogens with zero attached hydrogens (tertiary/aromatic N) is 1. The van der Waals surface area contributed by atoms with Crippen molar-refractivity contribution in [1.82, 2.24) is 4.37 Å². The highest BCUT2D eigenvalue weighted by atomic mass is 32.2. The van der Waals surface area contributed by atoms with E-state index in [0.717, 1.165) is 48.7 Å². The van der Waals surface area contributed by atoms with Gasteiger partial charge in [-0.15, -0.1) is 11.8 Å². The van der Waals surface area contributed by atoms with Gasteiger partial charge in [-0.2, -0.15) is 4.37 Å². The van der Waals surface area contributed by atoms with Crippen LogP contribution in [0.15, 0.2) is 29.2 Å². The minimum atomic E-state index is 0.104. The summed E-state index contributed by atoms with van der Waals surface area (Å²) in [6.07, 6.45) is 8.25. The van der Waals surface area contributed by atoms with Crippen LogP contribution in [0.25, 0.3) is 21.3 Å². The maximum atomic E-state index is 13.8. The number of hydrogen-bond donors (Lipinski definition) is 2. The largest absolute Gasteiger partial charge is 0.388 e. The number of carbonyl (C=O) groups is 1. The fourth-order valence-corrected chi connectivity index (χ4v) is 5.98. The Hall–Kier alpha value is -2.05. The summed E-state index contributed by atoms with van der Waals surface area (Å²) in [7, 11) is 1.87. The van der Waals surface area contributed by atoms with Crippen LogP contribution in [0.3, 0.4) is 0 Å². The van der Waals surface area contributed by atoms with Gasteiger partial charge < -0.3 is 10.6 Å². The van der Waals surface area contributed by atoms with E-state index in [4.69, 9.17) is 4.37 Å². The van der Waals surface area contributed by atoms with Crippen molar-refractivity contribution < 1.29 is 4.79 Å². The Kier molecular flexibility index (Phi) is 4.56. The Morgan fingerprint density at radius 2 is 1.82 bits per heavy atom. The molecule has 3 aromatic rings. The number of benzene rings is 2. The van der Waals surface area contributed by atoms with Gasteiger partial charge in [-0.25, -0.2) is 0 Å². The van der Waals surface area contributed by atoms with Gasteiger partial charge in [0.15, 0.2) is 5.78 Å². The molecule has 0 atom stereocenters. The lowest BCUT2D eigenvalue weighted by Gasteiger charge is -2.27.